The molecular weight excluding hydrogens is 379 g/mol. The molecule has 0 aromatic rings. The Morgan fingerprint density at radius 3 is 1.64 bits per heavy atom. The zero-order chi connectivity index (χ0) is 16.8. The van der Waals surface area contributed by atoms with Crippen molar-refractivity contribution in [3.8, 4) is 0 Å². The molecule has 0 N–H and O–H groups in total. The van der Waals surface area contributed by atoms with Crippen molar-refractivity contribution in [3.63, 3.8) is 0 Å². The molecule has 0 fully saturated rings. The molecule has 0 bridgehead atoms. The van der Waals surface area contributed by atoms with Gasteiger partial charge in [0.1, 0.15) is 0 Å². The topological polar surface area (TPSA) is 26.3 Å². The van der Waals surface area contributed by atoms with E-state index in [1.54, 1.807) is 0 Å². The van der Waals surface area contributed by atoms with Gasteiger partial charge in [-0.25, -0.2) is 0 Å². The van der Waals surface area contributed by atoms with Crippen LogP contribution < -0.4 is 0 Å². The molecule has 2 nitrogen and oxygen atoms in total. The maximum atomic E-state index is 12.6. The van der Waals surface area contributed by atoms with Gasteiger partial charge in [0.15, 0.2) is 0 Å². The second-order valence-electron chi connectivity index (χ2n) is 6.34. The summed E-state index contributed by atoms with van der Waals surface area (Å²) in [5, 5.41) is 0. The molecule has 0 spiro atoms. The summed E-state index contributed by atoms with van der Waals surface area (Å²) in [6.07, 6.45) is 10.7. The van der Waals surface area contributed by atoms with Crippen molar-refractivity contribution in [2.45, 2.75) is 92.9 Å². The molecule has 0 aromatic carbocycles. The molecule has 22 heavy (non-hydrogen) atoms. The van der Waals surface area contributed by atoms with Gasteiger partial charge in [-0.15, -0.1) is 0 Å². The van der Waals surface area contributed by atoms with E-state index in [2.05, 4.69) is 33.8 Å². The van der Waals surface area contributed by atoms with Crippen molar-refractivity contribution >= 4 is 24.3 Å². The van der Waals surface area contributed by atoms with Crippen LogP contribution in [0.3, 0.4) is 0 Å². The molecule has 0 aliphatic rings. The van der Waals surface area contributed by atoms with Gasteiger partial charge in [-0.3, -0.25) is 0 Å². The van der Waals surface area contributed by atoms with Crippen molar-refractivity contribution in [2.24, 2.45) is 0 Å². The van der Waals surface area contributed by atoms with E-state index in [1.807, 2.05) is 6.92 Å². The van der Waals surface area contributed by atoms with Crippen molar-refractivity contribution in [2.75, 3.05) is 6.61 Å². The van der Waals surface area contributed by atoms with Crippen LogP contribution in [0.15, 0.2) is 9.67 Å². The fraction of sp³-hybridized carbons (Fsp3) is 0.842. The number of rotatable bonds is 13. The third-order valence-corrected chi connectivity index (χ3v) is 20.2. The average molecular weight is 417 g/mol. The van der Waals surface area contributed by atoms with Gasteiger partial charge in [0.2, 0.25) is 0 Å². The zero-order valence-electron chi connectivity index (χ0n) is 15.7. The van der Waals surface area contributed by atoms with E-state index >= 15 is 0 Å². The van der Waals surface area contributed by atoms with Crippen molar-refractivity contribution in [1.82, 2.24) is 0 Å². The van der Waals surface area contributed by atoms with Crippen LogP contribution in [0.2, 0.25) is 13.3 Å². The zero-order valence-corrected chi connectivity index (χ0v) is 18.5. The number of hydrogen-bond donors (Lipinski definition) is 0. The summed E-state index contributed by atoms with van der Waals surface area (Å²) in [7, 11) is 0. The van der Waals surface area contributed by atoms with E-state index in [9.17, 15) is 4.79 Å². The van der Waals surface area contributed by atoms with E-state index in [4.69, 9.17) is 4.74 Å². The van der Waals surface area contributed by atoms with Crippen LogP contribution >= 0.6 is 0 Å². The molecule has 130 valence electrons. The monoisotopic (exact) mass is 418 g/mol. The minimum absolute atomic E-state index is 0.0171. The number of allylic oxidation sites excluding steroid dienone is 1. The Bertz CT molecular complexity index is 302. The predicted molar refractivity (Wildman–Crippen MR) is 99.9 cm³/mol. The second-order valence-corrected chi connectivity index (χ2v) is 19.5. The van der Waals surface area contributed by atoms with Gasteiger partial charge in [0.05, 0.1) is 0 Å². The van der Waals surface area contributed by atoms with E-state index in [-0.39, 0.29) is 5.97 Å². The summed E-state index contributed by atoms with van der Waals surface area (Å²) in [6.45, 7) is 11.4. The number of ether oxygens (including phenoxy) is 1. The summed E-state index contributed by atoms with van der Waals surface area (Å²) >= 11 is -2.62. The second kappa shape index (κ2) is 13.4. The quantitative estimate of drug-likeness (QED) is 0.201. The standard InChI is InChI=1S/C7H11O2.3C4H9.Sn/c1-3-5-6-7(8)9-4-2;3*1-3-4-2;/h5H,3-4H2,1-2H3;3*1,3-4H2,2H3;. The first-order valence-corrected chi connectivity index (χ1v) is 17.0. The van der Waals surface area contributed by atoms with Crippen LogP contribution in [0.25, 0.3) is 0 Å². The third kappa shape index (κ3) is 7.52. The summed E-state index contributed by atoms with van der Waals surface area (Å²) < 4.78 is 10.6. The van der Waals surface area contributed by atoms with E-state index in [1.165, 1.54) is 55.4 Å². The summed E-state index contributed by atoms with van der Waals surface area (Å²) in [5.74, 6) is 0.0171. The van der Waals surface area contributed by atoms with E-state index in [0.29, 0.717) is 6.61 Å². The molecule has 0 aromatic heterocycles. The van der Waals surface area contributed by atoms with Gasteiger partial charge in [0, 0.05) is 0 Å². The van der Waals surface area contributed by atoms with Gasteiger partial charge in [-0.2, -0.15) is 0 Å². The first kappa shape index (κ1) is 22.0. The van der Waals surface area contributed by atoms with Crippen LogP contribution in [-0.2, 0) is 9.53 Å². The van der Waals surface area contributed by atoms with Gasteiger partial charge in [-0.1, -0.05) is 0 Å². The Kier molecular flexibility index (Phi) is 13.5. The molecule has 0 heterocycles. The Morgan fingerprint density at radius 1 is 0.864 bits per heavy atom. The fourth-order valence-corrected chi connectivity index (χ4v) is 19.8. The average Bonchev–Trinajstić information content (AvgIpc) is 2.53. The maximum absolute atomic E-state index is 12.6. The van der Waals surface area contributed by atoms with Crippen LogP contribution in [0.5, 0.6) is 0 Å². The Labute approximate surface area is 143 Å². The fourth-order valence-electron chi connectivity index (χ4n) is 3.25. The molecule has 0 atom stereocenters. The molecule has 0 unspecified atom stereocenters. The van der Waals surface area contributed by atoms with Crippen LogP contribution in [0.1, 0.15) is 79.6 Å². The molecule has 0 rings (SSSR count). The van der Waals surface area contributed by atoms with Crippen LogP contribution in [0, 0.1) is 0 Å². The first-order valence-electron chi connectivity index (χ1n) is 9.49. The van der Waals surface area contributed by atoms with Crippen LogP contribution in [0.4, 0.5) is 0 Å². The molecular formula is C19H38O2Sn. The molecule has 3 heteroatoms. The molecule has 0 saturated heterocycles. The first-order chi connectivity index (χ1) is 10.6. The van der Waals surface area contributed by atoms with E-state index in [0.717, 1.165) is 6.42 Å². The number of hydrogen-bond acceptors (Lipinski definition) is 2. The van der Waals surface area contributed by atoms with Gasteiger partial charge in [0.25, 0.3) is 0 Å². The molecule has 0 aliphatic heterocycles. The van der Waals surface area contributed by atoms with Gasteiger partial charge >= 0.3 is 143 Å². The van der Waals surface area contributed by atoms with Crippen molar-refractivity contribution in [1.29, 1.82) is 0 Å². The summed E-state index contributed by atoms with van der Waals surface area (Å²) in [4.78, 5) is 12.6. The van der Waals surface area contributed by atoms with Crippen LogP contribution in [-0.4, -0.2) is 31.0 Å². The molecule has 0 aliphatic carbocycles. The van der Waals surface area contributed by atoms with Crippen molar-refractivity contribution < 1.29 is 9.53 Å². The number of esters is 1. The molecule has 0 radical (unpaired) electrons. The van der Waals surface area contributed by atoms with Gasteiger partial charge in [-0.05, 0) is 0 Å². The number of carbonyl (C=O) groups is 1. The molecule has 0 amide bonds. The number of carbonyl (C=O) groups excluding carboxylic acids is 1. The van der Waals surface area contributed by atoms with E-state index < -0.39 is 18.4 Å². The van der Waals surface area contributed by atoms with Crippen molar-refractivity contribution in [3.05, 3.63) is 9.67 Å². The Hall–Kier alpha value is 0.00870. The third-order valence-electron chi connectivity index (χ3n) is 4.50. The Morgan fingerprint density at radius 2 is 1.32 bits per heavy atom. The summed E-state index contributed by atoms with van der Waals surface area (Å²) in [5.41, 5.74) is 0. The van der Waals surface area contributed by atoms with Gasteiger partial charge < -0.3 is 0 Å². The Balaban J connectivity index is 5.55. The SMILES string of the molecule is CC/C=[C](\C(=O)OCC)[Sn]([CH2]CCC)([CH2]CCC)[CH2]CCC. The minimum atomic E-state index is -2.62. The normalized spacial score (nSPS) is 12.5. The summed E-state index contributed by atoms with van der Waals surface area (Å²) in [6, 6.07) is 0. The number of unbranched alkanes of at least 4 members (excludes halogenated alkanes) is 3. The molecule has 0 saturated carbocycles. The predicted octanol–water partition coefficient (Wildman–Crippen LogP) is 6.27.